The highest BCUT2D eigenvalue weighted by Crippen LogP contribution is 2.14. The number of nitrogens with zero attached hydrogens (tertiary/aromatic N) is 1. The molecule has 0 amide bonds. The number of pyridine rings is 1. The monoisotopic (exact) mass is 146 g/mol. The fourth-order valence-corrected chi connectivity index (χ4v) is 1.12. The van der Waals surface area contributed by atoms with E-state index in [1.165, 1.54) is 6.20 Å². The molecule has 1 nitrogen and oxygen atoms in total. The molecule has 0 bridgehead atoms. The Balaban J connectivity index is 2.78. The highest BCUT2D eigenvalue weighted by molar-refractivity contribution is 5.83. The van der Waals surface area contributed by atoms with Crippen LogP contribution < -0.4 is 0 Å². The third kappa shape index (κ3) is 0.984. The number of hydrogen-bond donors (Lipinski definition) is 0. The van der Waals surface area contributed by atoms with E-state index >= 15 is 0 Å². The second-order valence-corrected chi connectivity index (χ2v) is 2.38. The lowest BCUT2D eigenvalue weighted by molar-refractivity contribution is 1.24. The van der Waals surface area contributed by atoms with Gasteiger partial charge in [0, 0.05) is 21.4 Å². The van der Waals surface area contributed by atoms with Crippen molar-refractivity contribution < 1.29 is 4.11 Å². The molecule has 1 heteroatoms. The zero-order valence-corrected chi connectivity index (χ0v) is 5.91. The summed E-state index contributed by atoms with van der Waals surface area (Å²) in [5, 5.41) is 1.61. The molecule has 1 aromatic carbocycles. The highest BCUT2D eigenvalue weighted by Gasteiger charge is 1.93. The predicted molar refractivity (Wildman–Crippen MR) is 46.5 cm³/mol. The molecule has 2 rings (SSSR count). The number of aromatic nitrogens is 1. The summed E-state index contributed by atoms with van der Waals surface area (Å²) in [5.74, 6) is 0. The van der Waals surface area contributed by atoms with Crippen LogP contribution in [-0.2, 0) is 0 Å². The second kappa shape index (κ2) is 2.35. The van der Waals surface area contributed by atoms with E-state index in [-0.39, 0.29) is 5.69 Å². The molecular weight excluding hydrogens is 134 g/mol. The van der Waals surface area contributed by atoms with Gasteiger partial charge in [0.25, 0.3) is 0 Å². The molecule has 11 heavy (non-hydrogen) atoms. The normalized spacial score (nSPS) is 15.5. The van der Waals surface area contributed by atoms with E-state index < -0.39 is 6.85 Å². The van der Waals surface area contributed by atoms with Crippen molar-refractivity contribution in [1.29, 1.82) is 0 Å². The third-order valence-electron chi connectivity index (χ3n) is 1.67. The number of benzene rings is 1. The zero-order chi connectivity index (χ0) is 10.2. The average Bonchev–Trinajstić information content (AvgIpc) is 2.15. The van der Waals surface area contributed by atoms with Gasteiger partial charge in [0.1, 0.15) is 0 Å². The van der Waals surface area contributed by atoms with Crippen molar-refractivity contribution >= 4 is 10.8 Å². The van der Waals surface area contributed by atoms with Crippen LogP contribution in [0.25, 0.3) is 10.8 Å². The summed E-state index contributed by atoms with van der Waals surface area (Å²) in [4.78, 5) is 3.92. The molecule has 0 atom stereocenters. The van der Waals surface area contributed by atoms with Crippen LogP contribution in [0.4, 0.5) is 0 Å². The van der Waals surface area contributed by atoms with Crippen LogP contribution in [0.3, 0.4) is 0 Å². The van der Waals surface area contributed by atoms with Gasteiger partial charge in [-0.3, -0.25) is 4.98 Å². The average molecular weight is 146 g/mol. The van der Waals surface area contributed by atoms with Gasteiger partial charge in [0.05, 0.1) is 0 Å². The lowest BCUT2D eigenvalue weighted by Gasteiger charge is -1.97. The van der Waals surface area contributed by atoms with Crippen LogP contribution in [0.1, 0.15) is 9.81 Å². The van der Waals surface area contributed by atoms with Crippen LogP contribution >= 0.6 is 0 Å². The van der Waals surface area contributed by atoms with Crippen LogP contribution in [0.5, 0.6) is 0 Å². The fourth-order valence-electron chi connectivity index (χ4n) is 1.12. The molecule has 0 saturated heterocycles. The zero-order valence-electron chi connectivity index (χ0n) is 8.91. The van der Waals surface area contributed by atoms with Crippen molar-refractivity contribution in [1.82, 2.24) is 4.98 Å². The summed E-state index contributed by atoms with van der Waals surface area (Å²) in [6.07, 6.45) is 1.53. The van der Waals surface area contributed by atoms with Gasteiger partial charge >= 0.3 is 0 Å². The number of hydrogen-bond acceptors (Lipinski definition) is 1. The van der Waals surface area contributed by atoms with Crippen molar-refractivity contribution in [3.63, 3.8) is 0 Å². The lowest BCUT2D eigenvalue weighted by Crippen LogP contribution is -1.80. The molecular formula is C10H9N. The Hall–Kier alpha value is -1.37. The largest absolute Gasteiger partial charge is 0.261 e. The quantitative estimate of drug-likeness (QED) is 0.556. The van der Waals surface area contributed by atoms with E-state index in [1.54, 1.807) is 6.07 Å². The summed E-state index contributed by atoms with van der Waals surface area (Å²) in [5.41, 5.74) is 0.176. The number of rotatable bonds is 0. The lowest BCUT2D eigenvalue weighted by atomic mass is 10.1. The minimum atomic E-state index is -2.14. The maximum absolute atomic E-state index is 7.33. The maximum atomic E-state index is 7.33. The van der Waals surface area contributed by atoms with Crippen molar-refractivity contribution in [3.8, 4) is 0 Å². The maximum Gasteiger partial charge on any atom is 0.0450 e. The fraction of sp³-hybridized carbons (Fsp3) is 0.100. The first-order valence-electron chi connectivity index (χ1n) is 4.93. The van der Waals surface area contributed by atoms with E-state index in [4.69, 9.17) is 4.11 Å². The molecule has 2 aromatic rings. The topological polar surface area (TPSA) is 12.9 Å². The molecule has 0 aliphatic carbocycles. The Labute approximate surface area is 69.9 Å². The molecule has 0 aliphatic rings. The summed E-state index contributed by atoms with van der Waals surface area (Å²) in [6.45, 7) is -2.14. The van der Waals surface area contributed by atoms with Gasteiger partial charge in [-0.15, -0.1) is 0 Å². The van der Waals surface area contributed by atoms with Crippen LogP contribution in [0, 0.1) is 6.85 Å². The molecule has 1 aromatic heterocycles. The van der Waals surface area contributed by atoms with Gasteiger partial charge in [0.15, 0.2) is 0 Å². The van der Waals surface area contributed by atoms with Crippen LogP contribution in [-0.4, -0.2) is 4.98 Å². The number of aryl methyl sites for hydroxylation is 1. The smallest absolute Gasteiger partial charge is 0.0450 e. The Morgan fingerprint density at radius 3 is 3.09 bits per heavy atom. The van der Waals surface area contributed by atoms with E-state index in [0.717, 1.165) is 5.39 Å². The van der Waals surface area contributed by atoms with E-state index in [0.29, 0.717) is 5.39 Å². The minimum Gasteiger partial charge on any atom is -0.261 e. The second-order valence-electron chi connectivity index (χ2n) is 2.38. The van der Waals surface area contributed by atoms with Gasteiger partial charge in [-0.05, 0) is 18.3 Å². The summed E-state index contributed by atoms with van der Waals surface area (Å²) >= 11 is 0. The molecule has 0 unspecified atom stereocenters. The van der Waals surface area contributed by atoms with Gasteiger partial charge < -0.3 is 0 Å². The highest BCUT2D eigenvalue weighted by atomic mass is 14.7. The molecule has 0 spiro atoms. The molecule has 0 fully saturated rings. The Kier molecular flexibility index (Phi) is 0.824. The summed E-state index contributed by atoms with van der Waals surface area (Å²) in [7, 11) is 0. The van der Waals surface area contributed by atoms with Crippen molar-refractivity contribution in [2.75, 3.05) is 0 Å². The Morgan fingerprint density at radius 2 is 2.18 bits per heavy atom. The third-order valence-corrected chi connectivity index (χ3v) is 1.67. The van der Waals surface area contributed by atoms with Crippen molar-refractivity contribution in [3.05, 3.63) is 42.2 Å². The van der Waals surface area contributed by atoms with Gasteiger partial charge in [0.2, 0.25) is 0 Å². The van der Waals surface area contributed by atoms with Crippen LogP contribution in [0.2, 0.25) is 0 Å². The molecule has 0 aliphatic heterocycles. The SMILES string of the molecule is [2H]C([2H])([2H])c1nccc2ccccc12. The van der Waals surface area contributed by atoms with E-state index in [2.05, 4.69) is 4.98 Å². The molecule has 0 N–H and O–H groups in total. The first-order chi connectivity index (χ1) is 6.59. The summed E-state index contributed by atoms with van der Waals surface area (Å²) in [6, 6.07) is 9.17. The number of fused-ring (bicyclic) bond motifs is 1. The Bertz CT molecular complexity index is 457. The first kappa shape index (κ1) is 3.86. The van der Waals surface area contributed by atoms with Gasteiger partial charge in [-0.2, -0.15) is 0 Å². The van der Waals surface area contributed by atoms with Crippen molar-refractivity contribution in [2.24, 2.45) is 0 Å². The Morgan fingerprint density at radius 1 is 1.27 bits per heavy atom. The van der Waals surface area contributed by atoms with E-state index in [1.807, 2.05) is 24.3 Å². The first-order valence-corrected chi connectivity index (χ1v) is 3.43. The molecule has 0 radical (unpaired) electrons. The minimum absolute atomic E-state index is 0.176. The van der Waals surface area contributed by atoms with Gasteiger partial charge in [-0.25, -0.2) is 0 Å². The van der Waals surface area contributed by atoms with Crippen LogP contribution in [0.15, 0.2) is 36.5 Å². The molecule has 54 valence electrons. The summed E-state index contributed by atoms with van der Waals surface area (Å²) < 4.78 is 22.0. The molecule has 1 heterocycles. The van der Waals surface area contributed by atoms with E-state index in [9.17, 15) is 0 Å². The standard InChI is InChI=1S/C10H9N/c1-8-10-5-3-2-4-9(10)6-7-11-8/h2-7H,1H3/i1D3. The van der Waals surface area contributed by atoms with Crippen molar-refractivity contribution in [2.45, 2.75) is 6.85 Å². The molecule has 0 saturated carbocycles. The predicted octanol–water partition coefficient (Wildman–Crippen LogP) is 2.54. The van der Waals surface area contributed by atoms with Gasteiger partial charge in [-0.1, -0.05) is 24.3 Å².